The third-order valence-corrected chi connectivity index (χ3v) is 1.89. The maximum atomic E-state index is 11.5. The summed E-state index contributed by atoms with van der Waals surface area (Å²) in [6.45, 7) is 1.42. The first kappa shape index (κ1) is 13.5. The molecule has 2 amide bonds. The van der Waals surface area contributed by atoms with Gasteiger partial charge in [-0.05, 0) is 19.1 Å². The highest BCUT2D eigenvalue weighted by atomic mass is 16.6. The molecule has 1 aromatic heterocycles. The third kappa shape index (κ3) is 4.12. The standard InChI is InChI=1S/C11H11N3O4/c1-7(5-14-11(12)17)9(15)18-10(16)8-3-2-4-13-6-8/h2-7H,1H3,(H2,12,17). The van der Waals surface area contributed by atoms with Gasteiger partial charge in [0.15, 0.2) is 0 Å². The van der Waals surface area contributed by atoms with Gasteiger partial charge in [-0.1, -0.05) is 0 Å². The number of aliphatic imine (C=N–C) groups is 1. The van der Waals surface area contributed by atoms with Crippen LogP contribution in [0.25, 0.3) is 0 Å². The van der Waals surface area contributed by atoms with Crippen molar-refractivity contribution in [2.75, 3.05) is 0 Å². The molecule has 0 aliphatic rings. The van der Waals surface area contributed by atoms with Gasteiger partial charge in [0.2, 0.25) is 0 Å². The predicted octanol–water partition coefficient (Wildman–Crippen LogP) is 0.551. The van der Waals surface area contributed by atoms with E-state index in [1.807, 2.05) is 0 Å². The van der Waals surface area contributed by atoms with Crippen molar-refractivity contribution in [1.29, 1.82) is 0 Å². The lowest BCUT2D eigenvalue weighted by Crippen LogP contribution is -2.21. The summed E-state index contributed by atoms with van der Waals surface area (Å²) in [6.07, 6.45) is 3.78. The maximum absolute atomic E-state index is 11.5. The lowest BCUT2D eigenvalue weighted by atomic mass is 10.2. The molecule has 1 aromatic rings. The maximum Gasteiger partial charge on any atom is 0.347 e. The topological polar surface area (TPSA) is 112 Å². The fourth-order valence-electron chi connectivity index (χ4n) is 0.973. The second kappa shape index (κ2) is 6.24. The number of primary amides is 1. The first-order valence-electron chi connectivity index (χ1n) is 5.00. The number of hydrogen-bond donors (Lipinski definition) is 1. The Morgan fingerprint density at radius 2 is 2.22 bits per heavy atom. The number of nitrogens with zero attached hydrogens (tertiary/aromatic N) is 2. The van der Waals surface area contributed by atoms with Gasteiger partial charge in [-0.15, -0.1) is 0 Å². The van der Waals surface area contributed by atoms with E-state index in [-0.39, 0.29) is 5.56 Å². The normalized spacial score (nSPS) is 12.1. The van der Waals surface area contributed by atoms with Crippen molar-refractivity contribution >= 4 is 24.2 Å². The molecule has 2 N–H and O–H groups in total. The number of ether oxygens (including phenoxy) is 1. The highest BCUT2D eigenvalue weighted by molar-refractivity contribution is 6.02. The van der Waals surface area contributed by atoms with Crippen LogP contribution in [0.1, 0.15) is 17.3 Å². The lowest BCUT2D eigenvalue weighted by Gasteiger charge is -2.05. The fraction of sp³-hybridized carbons (Fsp3) is 0.182. The number of nitrogens with two attached hydrogens (primary N) is 1. The quantitative estimate of drug-likeness (QED) is 0.477. The molecule has 1 rings (SSSR count). The molecular weight excluding hydrogens is 238 g/mol. The van der Waals surface area contributed by atoms with E-state index in [4.69, 9.17) is 5.73 Å². The van der Waals surface area contributed by atoms with Gasteiger partial charge in [-0.3, -0.25) is 9.78 Å². The highest BCUT2D eigenvalue weighted by Crippen LogP contribution is 2.02. The second-order valence-corrected chi connectivity index (χ2v) is 3.36. The summed E-state index contributed by atoms with van der Waals surface area (Å²) in [4.78, 5) is 40.2. The van der Waals surface area contributed by atoms with Gasteiger partial charge in [0.25, 0.3) is 0 Å². The van der Waals surface area contributed by atoms with Gasteiger partial charge in [0.05, 0.1) is 11.5 Å². The molecule has 0 radical (unpaired) electrons. The van der Waals surface area contributed by atoms with Gasteiger partial charge in [-0.2, -0.15) is 0 Å². The van der Waals surface area contributed by atoms with Crippen molar-refractivity contribution < 1.29 is 19.1 Å². The van der Waals surface area contributed by atoms with Gasteiger partial charge in [0, 0.05) is 18.6 Å². The molecule has 7 heteroatoms. The van der Waals surface area contributed by atoms with E-state index in [1.54, 1.807) is 6.07 Å². The zero-order valence-corrected chi connectivity index (χ0v) is 9.57. The molecule has 0 saturated heterocycles. The minimum Gasteiger partial charge on any atom is -0.389 e. The van der Waals surface area contributed by atoms with Crippen LogP contribution in [0.4, 0.5) is 4.79 Å². The van der Waals surface area contributed by atoms with E-state index in [0.29, 0.717) is 0 Å². The van der Waals surface area contributed by atoms with Gasteiger partial charge < -0.3 is 10.5 Å². The summed E-state index contributed by atoms with van der Waals surface area (Å²) in [6, 6.07) is 2.08. The first-order chi connectivity index (χ1) is 8.50. The van der Waals surface area contributed by atoms with Crippen LogP contribution in [0, 0.1) is 5.92 Å². The molecule has 0 saturated carbocycles. The molecule has 1 heterocycles. The lowest BCUT2D eigenvalue weighted by molar-refractivity contribution is -0.139. The molecule has 0 aromatic carbocycles. The number of rotatable bonds is 3. The van der Waals surface area contributed by atoms with E-state index in [2.05, 4.69) is 14.7 Å². The van der Waals surface area contributed by atoms with E-state index in [1.165, 1.54) is 25.4 Å². The van der Waals surface area contributed by atoms with E-state index < -0.39 is 23.9 Å². The second-order valence-electron chi connectivity index (χ2n) is 3.36. The number of urea groups is 1. The van der Waals surface area contributed by atoms with E-state index in [9.17, 15) is 14.4 Å². The van der Waals surface area contributed by atoms with Gasteiger partial charge in [0.1, 0.15) is 0 Å². The van der Waals surface area contributed by atoms with Crippen molar-refractivity contribution in [1.82, 2.24) is 4.98 Å². The van der Waals surface area contributed by atoms with Crippen LogP contribution in [-0.4, -0.2) is 29.2 Å². The number of carbonyl (C=O) groups excluding carboxylic acids is 3. The molecule has 0 aliphatic carbocycles. The zero-order chi connectivity index (χ0) is 13.5. The number of amides is 2. The molecule has 0 fully saturated rings. The van der Waals surface area contributed by atoms with Crippen LogP contribution in [0.15, 0.2) is 29.5 Å². The number of hydrogen-bond acceptors (Lipinski definition) is 5. The Morgan fingerprint density at radius 1 is 1.50 bits per heavy atom. The summed E-state index contributed by atoms with van der Waals surface area (Å²) in [5.41, 5.74) is 4.93. The molecule has 0 aliphatic heterocycles. The monoisotopic (exact) mass is 249 g/mol. The number of esters is 2. The first-order valence-corrected chi connectivity index (χ1v) is 5.00. The summed E-state index contributed by atoms with van der Waals surface area (Å²) >= 11 is 0. The molecular formula is C11H11N3O4. The Kier molecular flexibility index (Phi) is 4.67. The summed E-state index contributed by atoms with van der Waals surface area (Å²) in [5, 5.41) is 0. The van der Waals surface area contributed by atoms with E-state index >= 15 is 0 Å². The molecule has 7 nitrogen and oxygen atoms in total. The molecule has 18 heavy (non-hydrogen) atoms. The average Bonchev–Trinajstić information content (AvgIpc) is 2.36. The van der Waals surface area contributed by atoms with E-state index in [0.717, 1.165) is 6.21 Å². The minimum absolute atomic E-state index is 0.157. The van der Waals surface area contributed by atoms with Crippen molar-refractivity contribution in [3.63, 3.8) is 0 Å². The Bertz CT molecular complexity index is 484. The summed E-state index contributed by atoms with van der Waals surface area (Å²) < 4.78 is 4.57. The van der Waals surface area contributed by atoms with Crippen molar-refractivity contribution in [3.8, 4) is 0 Å². The number of aromatic nitrogens is 1. The minimum atomic E-state index is -0.923. The fourth-order valence-corrected chi connectivity index (χ4v) is 0.973. The largest absolute Gasteiger partial charge is 0.389 e. The van der Waals surface area contributed by atoms with Crippen LogP contribution in [0.3, 0.4) is 0 Å². The summed E-state index contributed by atoms with van der Waals surface area (Å²) in [5.74, 6) is -2.49. The Balaban J connectivity index is 2.60. The molecule has 0 spiro atoms. The third-order valence-electron chi connectivity index (χ3n) is 1.89. The SMILES string of the molecule is CC(C=NC(N)=O)C(=O)OC(=O)c1cccnc1. The van der Waals surface area contributed by atoms with Gasteiger partial charge in [-0.25, -0.2) is 14.6 Å². The van der Waals surface area contributed by atoms with Crippen LogP contribution >= 0.6 is 0 Å². The van der Waals surface area contributed by atoms with Crippen molar-refractivity contribution in [2.45, 2.75) is 6.92 Å². The smallest absolute Gasteiger partial charge is 0.347 e. The summed E-state index contributed by atoms with van der Waals surface area (Å²) in [7, 11) is 0. The zero-order valence-electron chi connectivity index (χ0n) is 9.57. The van der Waals surface area contributed by atoms with Crippen molar-refractivity contribution in [2.24, 2.45) is 16.6 Å². The molecule has 1 atom stereocenters. The van der Waals surface area contributed by atoms with Crippen molar-refractivity contribution in [3.05, 3.63) is 30.1 Å². The van der Waals surface area contributed by atoms with Gasteiger partial charge >= 0.3 is 18.0 Å². The van der Waals surface area contributed by atoms with Crippen LogP contribution in [0.2, 0.25) is 0 Å². The Labute approximate surface area is 103 Å². The Morgan fingerprint density at radius 3 is 2.78 bits per heavy atom. The average molecular weight is 249 g/mol. The molecule has 1 unspecified atom stereocenters. The number of carbonyl (C=O) groups is 3. The molecule has 0 bridgehead atoms. The van der Waals surface area contributed by atoms with Crippen LogP contribution in [0.5, 0.6) is 0 Å². The number of pyridine rings is 1. The molecule has 94 valence electrons. The van der Waals surface area contributed by atoms with Crippen LogP contribution < -0.4 is 5.73 Å². The van der Waals surface area contributed by atoms with Crippen LogP contribution in [-0.2, 0) is 9.53 Å². The predicted molar refractivity (Wildman–Crippen MR) is 61.9 cm³/mol. The highest BCUT2D eigenvalue weighted by Gasteiger charge is 2.18. The Hall–Kier alpha value is -2.57.